The molecular formula is C9H10F2N2O. The Bertz CT molecular complexity index is 353. The zero-order valence-corrected chi connectivity index (χ0v) is 7.63. The van der Waals surface area contributed by atoms with Crippen molar-refractivity contribution in [2.75, 3.05) is 0 Å². The van der Waals surface area contributed by atoms with Crippen molar-refractivity contribution in [3.05, 3.63) is 28.6 Å². The Morgan fingerprint density at radius 2 is 2.29 bits per heavy atom. The van der Waals surface area contributed by atoms with E-state index in [1.807, 2.05) is 0 Å². The van der Waals surface area contributed by atoms with Gasteiger partial charge in [0.25, 0.3) is 6.43 Å². The Morgan fingerprint density at radius 3 is 2.71 bits per heavy atom. The molecule has 0 aliphatic heterocycles. The van der Waals surface area contributed by atoms with Crippen LogP contribution in [0.25, 0.3) is 0 Å². The number of nitrogens with two attached hydrogens (primary N) is 1. The molecule has 1 aromatic rings. The Balaban J connectivity index is 3.39. The van der Waals surface area contributed by atoms with Gasteiger partial charge in [0.15, 0.2) is 6.29 Å². The van der Waals surface area contributed by atoms with E-state index >= 15 is 0 Å². The second kappa shape index (κ2) is 4.23. The molecule has 0 unspecified atom stereocenters. The summed E-state index contributed by atoms with van der Waals surface area (Å²) in [5, 5.41) is 0. The van der Waals surface area contributed by atoms with Gasteiger partial charge in [-0.15, -0.1) is 0 Å². The third-order valence-electron chi connectivity index (χ3n) is 1.87. The van der Waals surface area contributed by atoms with E-state index in [1.165, 1.54) is 6.07 Å². The minimum absolute atomic E-state index is 0.00259. The van der Waals surface area contributed by atoms with Crippen molar-refractivity contribution in [2.24, 2.45) is 5.73 Å². The maximum absolute atomic E-state index is 12.5. The number of rotatable bonds is 3. The van der Waals surface area contributed by atoms with Gasteiger partial charge < -0.3 is 5.73 Å². The molecular weight excluding hydrogens is 190 g/mol. The number of hydrogen-bond acceptors (Lipinski definition) is 3. The molecule has 1 aromatic heterocycles. The molecule has 76 valence electrons. The van der Waals surface area contributed by atoms with Crippen molar-refractivity contribution >= 4 is 6.29 Å². The van der Waals surface area contributed by atoms with E-state index < -0.39 is 6.43 Å². The van der Waals surface area contributed by atoms with Gasteiger partial charge in [-0.25, -0.2) is 13.8 Å². The maximum atomic E-state index is 12.5. The smallest absolute Gasteiger partial charge is 0.264 e. The Labute approximate surface area is 79.9 Å². The summed E-state index contributed by atoms with van der Waals surface area (Å²) in [5.41, 5.74) is 5.59. The summed E-state index contributed by atoms with van der Waals surface area (Å²) in [6.45, 7) is 1.44. The number of aromatic nitrogens is 1. The quantitative estimate of drug-likeness (QED) is 0.754. The minimum atomic E-state index is -2.63. The summed E-state index contributed by atoms with van der Waals surface area (Å²) < 4.78 is 25.0. The second-order valence-electron chi connectivity index (χ2n) is 2.84. The van der Waals surface area contributed by atoms with E-state index in [0.717, 1.165) is 0 Å². The van der Waals surface area contributed by atoms with E-state index in [4.69, 9.17) is 5.73 Å². The van der Waals surface area contributed by atoms with Crippen molar-refractivity contribution in [1.29, 1.82) is 0 Å². The van der Waals surface area contributed by atoms with Gasteiger partial charge in [-0.3, -0.25) is 4.79 Å². The van der Waals surface area contributed by atoms with Gasteiger partial charge in [0.2, 0.25) is 0 Å². The Hall–Kier alpha value is -1.36. The maximum Gasteiger partial charge on any atom is 0.264 e. The molecule has 0 radical (unpaired) electrons. The van der Waals surface area contributed by atoms with Crippen LogP contribution in [0.2, 0.25) is 0 Å². The van der Waals surface area contributed by atoms with E-state index in [2.05, 4.69) is 4.98 Å². The molecule has 0 aliphatic carbocycles. The number of carbonyl (C=O) groups is 1. The molecule has 0 saturated carbocycles. The van der Waals surface area contributed by atoms with Crippen LogP contribution < -0.4 is 5.73 Å². The molecule has 0 fully saturated rings. The zero-order valence-electron chi connectivity index (χ0n) is 7.63. The van der Waals surface area contributed by atoms with Gasteiger partial charge in [-0.1, -0.05) is 0 Å². The van der Waals surface area contributed by atoms with E-state index in [1.54, 1.807) is 6.92 Å². The standard InChI is InChI=1S/C9H10F2N2O/c1-5-2-6(9(10)11)7(3-12)8(4-14)13-5/h2,4,9H,3,12H2,1H3. The van der Waals surface area contributed by atoms with Crippen LogP contribution in [-0.2, 0) is 6.54 Å². The monoisotopic (exact) mass is 200 g/mol. The number of alkyl halides is 2. The molecule has 1 heterocycles. The highest BCUT2D eigenvalue weighted by Gasteiger charge is 2.16. The number of nitrogens with zero attached hydrogens (tertiary/aromatic N) is 1. The molecule has 0 aromatic carbocycles. The summed E-state index contributed by atoms with van der Waals surface area (Å²) in [6, 6.07) is 1.25. The fourth-order valence-corrected chi connectivity index (χ4v) is 1.26. The predicted octanol–water partition coefficient (Wildman–Crippen LogP) is 1.60. The normalized spacial score (nSPS) is 10.6. The third kappa shape index (κ3) is 1.93. The molecule has 0 atom stereocenters. The van der Waals surface area contributed by atoms with Crippen LogP contribution in [0.15, 0.2) is 6.07 Å². The van der Waals surface area contributed by atoms with Crippen molar-refractivity contribution in [3.63, 3.8) is 0 Å². The summed E-state index contributed by atoms with van der Waals surface area (Å²) in [6.07, 6.45) is -2.19. The first-order chi connectivity index (χ1) is 6.60. The third-order valence-corrected chi connectivity index (χ3v) is 1.87. The van der Waals surface area contributed by atoms with Crippen molar-refractivity contribution < 1.29 is 13.6 Å². The lowest BCUT2D eigenvalue weighted by Crippen LogP contribution is -2.09. The van der Waals surface area contributed by atoms with Gasteiger partial charge >= 0.3 is 0 Å². The fourth-order valence-electron chi connectivity index (χ4n) is 1.26. The second-order valence-corrected chi connectivity index (χ2v) is 2.84. The lowest BCUT2D eigenvalue weighted by atomic mass is 10.1. The molecule has 0 saturated heterocycles. The molecule has 1 rings (SSSR count). The first kappa shape index (κ1) is 10.7. The van der Waals surface area contributed by atoms with E-state index in [-0.39, 0.29) is 23.4 Å². The first-order valence-corrected chi connectivity index (χ1v) is 4.04. The highest BCUT2D eigenvalue weighted by atomic mass is 19.3. The van der Waals surface area contributed by atoms with Crippen LogP contribution in [0.1, 0.15) is 33.7 Å². The van der Waals surface area contributed by atoms with Crippen LogP contribution in [0.5, 0.6) is 0 Å². The van der Waals surface area contributed by atoms with Crippen LogP contribution in [0.4, 0.5) is 8.78 Å². The summed E-state index contributed by atoms with van der Waals surface area (Å²) in [7, 11) is 0. The van der Waals surface area contributed by atoms with Crippen LogP contribution in [0.3, 0.4) is 0 Å². The molecule has 0 spiro atoms. The average molecular weight is 200 g/mol. The molecule has 14 heavy (non-hydrogen) atoms. The SMILES string of the molecule is Cc1cc(C(F)F)c(CN)c(C=O)n1. The van der Waals surface area contributed by atoms with Gasteiger partial charge in [-0.2, -0.15) is 0 Å². The van der Waals surface area contributed by atoms with Gasteiger partial charge in [-0.05, 0) is 13.0 Å². The molecule has 0 bridgehead atoms. The molecule has 2 N–H and O–H groups in total. The van der Waals surface area contributed by atoms with Crippen molar-refractivity contribution in [3.8, 4) is 0 Å². The number of aldehydes is 1. The molecule has 3 nitrogen and oxygen atoms in total. The number of hydrogen-bond donors (Lipinski definition) is 1. The largest absolute Gasteiger partial charge is 0.326 e. The fraction of sp³-hybridized carbons (Fsp3) is 0.333. The summed E-state index contributed by atoms with van der Waals surface area (Å²) >= 11 is 0. The van der Waals surface area contributed by atoms with Gasteiger partial charge in [0.1, 0.15) is 5.69 Å². The van der Waals surface area contributed by atoms with Gasteiger partial charge in [0, 0.05) is 23.4 Å². The highest BCUT2D eigenvalue weighted by molar-refractivity contribution is 5.75. The Kier molecular flexibility index (Phi) is 3.24. The predicted molar refractivity (Wildman–Crippen MR) is 47.2 cm³/mol. The zero-order chi connectivity index (χ0) is 10.7. The number of carbonyl (C=O) groups excluding carboxylic acids is 1. The highest BCUT2D eigenvalue weighted by Crippen LogP contribution is 2.24. The number of pyridine rings is 1. The van der Waals surface area contributed by atoms with Crippen molar-refractivity contribution in [1.82, 2.24) is 4.98 Å². The number of halogens is 2. The summed E-state index contributed by atoms with van der Waals surface area (Å²) in [4.78, 5) is 14.4. The first-order valence-electron chi connectivity index (χ1n) is 4.04. The average Bonchev–Trinajstić information content (AvgIpc) is 2.16. The lowest BCUT2D eigenvalue weighted by Gasteiger charge is -2.09. The molecule has 0 aliphatic rings. The van der Waals surface area contributed by atoms with E-state index in [9.17, 15) is 13.6 Å². The Morgan fingerprint density at radius 1 is 1.64 bits per heavy atom. The van der Waals surface area contributed by atoms with Gasteiger partial charge in [0.05, 0.1) is 0 Å². The molecule has 5 heteroatoms. The van der Waals surface area contributed by atoms with Crippen LogP contribution in [0, 0.1) is 6.92 Å². The number of aryl methyl sites for hydroxylation is 1. The topological polar surface area (TPSA) is 56.0 Å². The van der Waals surface area contributed by atoms with Crippen LogP contribution in [-0.4, -0.2) is 11.3 Å². The van der Waals surface area contributed by atoms with Crippen molar-refractivity contribution in [2.45, 2.75) is 19.9 Å². The van der Waals surface area contributed by atoms with E-state index in [0.29, 0.717) is 12.0 Å². The lowest BCUT2D eigenvalue weighted by molar-refractivity contribution is 0.111. The summed E-state index contributed by atoms with van der Waals surface area (Å²) in [5.74, 6) is 0. The molecule has 0 amide bonds. The minimum Gasteiger partial charge on any atom is -0.326 e. The van der Waals surface area contributed by atoms with Crippen LogP contribution >= 0.6 is 0 Å².